The highest BCUT2D eigenvalue weighted by Crippen LogP contribution is 2.33. The zero-order chi connectivity index (χ0) is 18.9. The van der Waals surface area contributed by atoms with Gasteiger partial charge in [0.2, 0.25) is 5.91 Å². The number of hydrogen-bond acceptors (Lipinski definition) is 3. The molecule has 6 heteroatoms. The number of halogens is 1. The smallest absolute Gasteiger partial charge is 0.254 e. The van der Waals surface area contributed by atoms with Gasteiger partial charge in [0.05, 0.1) is 0 Å². The molecular weight excluding hydrogens is 350 g/mol. The van der Waals surface area contributed by atoms with E-state index in [-0.39, 0.29) is 17.4 Å². The lowest BCUT2D eigenvalue weighted by Gasteiger charge is -2.49. The summed E-state index contributed by atoms with van der Waals surface area (Å²) in [6.45, 7) is 7.67. The molecule has 1 atom stereocenters. The second kappa shape index (κ2) is 7.57. The van der Waals surface area contributed by atoms with Crippen LogP contribution in [0.5, 0.6) is 0 Å². The molecule has 0 bridgehead atoms. The van der Waals surface area contributed by atoms with Crippen molar-refractivity contribution in [2.75, 3.05) is 39.8 Å². The van der Waals surface area contributed by atoms with Crippen LogP contribution in [0.1, 0.15) is 42.1 Å². The molecule has 3 rings (SSSR count). The van der Waals surface area contributed by atoms with Gasteiger partial charge in [-0.2, -0.15) is 0 Å². The van der Waals surface area contributed by atoms with Crippen LogP contribution in [0, 0.1) is 6.92 Å². The second-order valence-corrected chi connectivity index (χ2v) is 7.97. The highest BCUT2D eigenvalue weighted by molar-refractivity contribution is 6.31. The van der Waals surface area contributed by atoms with Crippen LogP contribution in [0.4, 0.5) is 0 Å². The number of likely N-dealkylation sites (N-methyl/N-ethyl adjacent to an activating group) is 1. The van der Waals surface area contributed by atoms with Gasteiger partial charge in [-0.1, -0.05) is 17.7 Å². The lowest BCUT2D eigenvalue weighted by atomic mass is 9.86. The predicted octanol–water partition coefficient (Wildman–Crippen LogP) is 2.81. The summed E-state index contributed by atoms with van der Waals surface area (Å²) in [5.41, 5.74) is 1.49. The van der Waals surface area contributed by atoms with Crippen LogP contribution in [0.25, 0.3) is 0 Å². The van der Waals surface area contributed by atoms with Crippen molar-refractivity contribution in [2.45, 2.75) is 38.6 Å². The van der Waals surface area contributed by atoms with E-state index in [0.29, 0.717) is 30.1 Å². The van der Waals surface area contributed by atoms with E-state index in [1.54, 1.807) is 6.07 Å². The van der Waals surface area contributed by atoms with Gasteiger partial charge in [-0.05, 0) is 51.4 Å². The first-order chi connectivity index (χ1) is 12.4. The standard InChI is InChI=1S/C20H28ClN3O2/c1-4-23-10-9-20(8-7-18(23)25)14-24(12-11-22(20)3)19(26)16-6-5-15(2)17(21)13-16/h5-6,13H,4,7-12,14H2,1-3H3/t20-/m1/s1. The average molecular weight is 378 g/mol. The molecule has 2 saturated heterocycles. The maximum Gasteiger partial charge on any atom is 0.254 e. The van der Waals surface area contributed by atoms with Gasteiger partial charge in [0.25, 0.3) is 5.91 Å². The van der Waals surface area contributed by atoms with Crippen molar-refractivity contribution in [3.63, 3.8) is 0 Å². The van der Waals surface area contributed by atoms with Crippen molar-refractivity contribution in [3.8, 4) is 0 Å². The lowest BCUT2D eigenvalue weighted by Crippen LogP contribution is -2.62. The van der Waals surface area contributed by atoms with E-state index in [1.807, 2.05) is 35.8 Å². The Morgan fingerprint density at radius 3 is 2.69 bits per heavy atom. The number of carbonyl (C=O) groups excluding carboxylic acids is 2. The number of rotatable bonds is 2. The second-order valence-electron chi connectivity index (χ2n) is 7.56. The number of carbonyl (C=O) groups is 2. The van der Waals surface area contributed by atoms with Gasteiger partial charge < -0.3 is 9.80 Å². The van der Waals surface area contributed by atoms with Crippen molar-refractivity contribution < 1.29 is 9.59 Å². The fourth-order valence-electron chi connectivity index (χ4n) is 4.11. The number of amides is 2. The Morgan fingerprint density at radius 1 is 1.23 bits per heavy atom. The predicted molar refractivity (Wildman–Crippen MR) is 104 cm³/mol. The third-order valence-electron chi connectivity index (χ3n) is 6.09. The Morgan fingerprint density at radius 2 is 2.00 bits per heavy atom. The molecule has 2 heterocycles. The van der Waals surface area contributed by atoms with Gasteiger partial charge in [0.15, 0.2) is 0 Å². The fraction of sp³-hybridized carbons (Fsp3) is 0.600. The maximum atomic E-state index is 13.0. The number of likely N-dealkylation sites (tertiary alicyclic amines) is 1. The van der Waals surface area contributed by atoms with E-state index in [2.05, 4.69) is 11.9 Å². The minimum Gasteiger partial charge on any atom is -0.343 e. The third kappa shape index (κ3) is 3.60. The van der Waals surface area contributed by atoms with Crippen LogP contribution in [0.15, 0.2) is 18.2 Å². The molecule has 2 amide bonds. The Kier molecular flexibility index (Phi) is 5.58. The van der Waals surface area contributed by atoms with Gasteiger partial charge >= 0.3 is 0 Å². The summed E-state index contributed by atoms with van der Waals surface area (Å²) in [5.74, 6) is 0.258. The topological polar surface area (TPSA) is 43.9 Å². The van der Waals surface area contributed by atoms with Crippen LogP contribution in [-0.4, -0.2) is 71.8 Å². The molecule has 0 aromatic heterocycles. The molecule has 0 radical (unpaired) electrons. The third-order valence-corrected chi connectivity index (χ3v) is 6.50. The molecule has 1 aromatic carbocycles. The molecule has 0 saturated carbocycles. The Bertz CT molecular complexity index is 708. The SMILES string of the molecule is CCN1CC[C@]2(CCC1=O)CN(C(=O)c1ccc(C)c(Cl)c1)CCN2C. The lowest BCUT2D eigenvalue weighted by molar-refractivity contribution is -0.130. The summed E-state index contributed by atoms with van der Waals surface area (Å²) in [6, 6.07) is 5.51. The van der Waals surface area contributed by atoms with Crippen molar-refractivity contribution in [2.24, 2.45) is 0 Å². The molecule has 0 aliphatic carbocycles. The largest absolute Gasteiger partial charge is 0.343 e. The van der Waals surface area contributed by atoms with E-state index in [1.165, 1.54) is 0 Å². The average Bonchev–Trinajstić information content (AvgIpc) is 2.79. The van der Waals surface area contributed by atoms with Gasteiger partial charge in [0, 0.05) is 55.3 Å². The summed E-state index contributed by atoms with van der Waals surface area (Å²) in [7, 11) is 2.12. The molecule has 2 aliphatic rings. The summed E-state index contributed by atoms with van der Waals surface area (Å²) in [6.07, 6.45) is 2.26. The summed E-state index contributed by atoms with van der Waals surface area (Å²) in [5, 5.41) is 0.623. The van der Waals surface area contributed by atoms with Gasteiger partial charge in [-0.3, -0.25) is 14.5 Å². The molecule has 142 valence electrons. The van der Waals surface area contributed by atoms with E-state index < -0.39 is 0 Å². The van der Waals surface area contributed by atoms with E-state index in [4.69, 9.17) is 11.6 Å². The van der Waals surface area contributed by atoms with Crippen LogP contribution in [-0.2, 0) is 4.79 Å². The molecule has 1 spiro atoms. The van der Waals surface area contributed by atoms with Gasteiger partial charge in [-0.15, -0.1) is 0 Å². The molecule has 2 aliphatic heterocycles. The molecule has 5 nitrogen and oxygen atoms in total. The first-order valence-corrected chi connectivity index (χ1v) is 9.78. The number of benzene rings is 1. The highest BCUT2D eigenvalue weighted by atomic mass is 35.5. The fourth-order valence-corrected chi connectivity index (χ4v) is 4.29. The number of piperazine rings is 1. The van der Waals surface area contributed by atoms with Crippen LogP contribution >= 0.6 is 11.6 Å². The quantitative estimate of drug-likeness (QED) is 0.796. The van der Waals surface area contributed by atoms with E-state index in [9.17, 15) is 9.59 Å². The summed E-state index contributed by atoms with van der Waals surface area (Å²) in [4.78, 5) is 31.6. The molecule has 26 heavy (non-hydrogen) atoms. The molecular formula is C20H28ClN3O2. The first kappa shape index (κ1) is 19.2. The van der Waals surface area contributed by atoms with Crippen LogP contribution in [0.2, 0.25) is 5.02 Å². The summed E-state index contributed by atoms with van der Waals surface area (Å²) >= 11 is 6.21. The van der Waals surface area contributed by atoms with E-state index in [0.717, 1.165) is 38.0 Å². The van der Waals surface area contributed by atoms with Crippen molar-refractivity contribution in [1.82, 2.24) is 14.7 Å². The summed E-state index contributed by atoms with van der Waals surface area (Å²) < 4.78 is 0. The first-order valence-electron chi connectivity index (χ1n) is 9.41. The minimum absolute atomic E-state index is 0.0299. The minimum atomic E-state index is -0.123. The number of nitrogens with zero attached hydrogens (tertiary/aromatic N) is 3. The number of aryl methyl sites for hydroxylation is 1. The van der Waals surface area contributed by atoms with Crippen molar-refractivity contribution in [1.29, 1.82) is 0 Å². The Balaban J connectivity index is 1.80. The molecule has 0 N–H and O–H groups in total. The zero-order valence-corrected chi connectivity index (χ0v) is 16.7. The van der Waals surface area contributed by atoms with Crippen LogP contribution < -0.4 is 0 Å². The van der Waals surface area contributed by atoms with Crippen molar-refractivity contribution in [3.05, 3.63) is 34.3 Å². The van der Waals surface area contributed by atoms with Crippen molar-refractivity contribution >= 4 is 23.4 Å². The monoisotopic (exact) mass is 377 g/mol. The Labute approximate surface area is 160 Å². The van der Waals surface area contributed by atoms with Crippen LogP contribution in [0.3, 0.4) is 0 Å². The van der Waals surface area contributed by atoms with E-state index >= 15 is 0 Å². The van der Waals surface area contributed by atoms with Gasteiger partial charge in [-0.25, -0.2) is 0 Å². The van der Waals surface area contributed by atoms with Gasteiger partial charge in [0.1, 0.15) is 0 Å². The zero-order valence-electron chi connectivity index (χ0n) is 15.9. The maximum absolute atomic E-state index is 13.0. The molecule has 1 aromatic rings. The highest BCUT2D eigenvalue weighted by Gasteiger charge is 2.43. The Hall–Kier alpha value is -1.59. The normalized spacial score (nSPS) is 24.8. The molecule has 2 fully saturated rings. The molecule has 0 unspecified atom stereocenters. The number of hydrogen-bond donors (Lipinski definition) is 0.